The lowest BCUT2D eigenvalue weighted by Crippen LogP contribution is -2.56. The van der Waals surface area contributed by atoms with Crippen molar-refractivity contribution in [3.8, 4) is 11.3 Å². The Morgan fingerprint density at radius 2 is 1.55 bits per heavy atom. The molecule has 1 unspecified atom stereocenters. The van der Waals surface area contributed by atoms with Crippen LogP contribution in [0.15, 0.2) is 72.8 Å². The van der Waals surface area contributed by atoms with E-state index in [0.717, 1.165) is 16.5 Å². The highest BCUT2D eigenvalue weighted by molar-refractivity contribution is 6.30. The number of hydrogen-bond acceptors (Lipinski definition) is 1. The van der Waals surface area contributed by atoms with Crippen LogP contribution in [0.3, 0.4) is 0 Å². The molecule has 6 heteroatoms. The molecule has 1 aliphatic rings. The Balaban J connectivity index is 2.00. The topological polar surface area (TPSA) is 17.0 Å². The van der Waals surface area contributed by atoms with Crippen molar-refractivity contribution in [1.82, 2.24) is 4.57 Å². The van der Waals surface area contributed by atoms with Gasteiger partial charge in [0, 0.05) is 27.2 Å². The van der Waals surface area contributed by atoms with Crippen LogP contribution < -0.4 is 5.32 Å². The summed E-state index contributed by atoms with van der Waals surface area (Å²) in [5, 5.41) is 4.02. The zero-order valence-corrected chi connectivity index (χ0v) is 16.1. The number of halogens is 4. The van der Waals surface area contributed by atoms with E-state index >= 15 is 0 Å². The molecule has 2 nitrogen and oxygen atoms in total. The summed E-state index contributed by atoms with van der Waals surface area (Å²) >= 11 is 5.98. The maximum atomic E-state index is 15.0. The predicted molar refractivity (Wildman–Crippen MR) is 110 cm³/mol. The van der Waals surface area contributed by atoms with Crippen molar-refractivity contribution >= 4 is 28.2 Å². The molecule has 146 valence electrons. The fraction of sp³-hybridized carbons (Fsp3) is 0.130. The van der Waals surface area contributed by atoms with Crippen molar-refractivity contribution in [1.29, 1.82) is 0 Å². The third kappa shape index (κ3) is 2.37. The Kier molecular flexibility index (Phi) is 3.77. The molecule has 1 aliphatic heterocycles. The van der Waals surface area contributed by atoms with Crippen LogP contribution in [0, 0.1) is 6.92 Å². The number of rotatable bonds is 1. The minimum absolute atomic E-state index is 0.0749. The highest BCUT2D eigenvalue weighted by Crippen LogP contribution is 2.53. The molecule has 4 aromatic rings. The lowest BCUT2D eigenvalue weighted by molar-refractivity contribution is -0.189. The average molecular weight is 413 g/mol. The number of benzene rings is 3. The number of aromatic nitrogens is 1. The smallest absolute Gasteiger partial charge is 0.351 e. The molecule has 0 radical (unpaired) electrons. The maximum absolute atomic E-state index is 15.0. The summed E-state index contributed by atoms with van der Waals surface area (Å²) in [6, 6.07) is 20.2. The van der Waals surface area contributed by atoms with Crippen molar-refractivity contribution in [3.63, 3.8) is 0 Å². The van der Waals surface area contributed by atoms with Crippen molar-refractivity contribution in [2.45, 2.75) is 18.8 Å². The van der Waals surface area contributed by atoms with Gasteiger partial charge in [0.2, 0.25) is 5.66 Å². The molecule has 0 aliphatic carbocycles. The number of fused-ring (bicyclic) bond motifs is 5. The molecule has 0 saturated heterocycles. The molecule has 29 heavy (non-hydrogen) atoms. The second-order valence-corrected chi connectivity index (χ2v) is 7.65. The van der Waals surface area contributed by atoms with Gasteiger partial charge in [0.05, 0.1) is 11.2 Å². The predicted octanol–water partition coefficient (Wildman–Crippen LogP) is 6.96. The standard InChI is InChI=1S/C23H16ClF3N2/c1-14-17-6-3-5-9-20(17)29-21(14)18-7-2-4-8-19(18)28-22(29,23(25,26)27)15-10-12-16(24)13-11-15/h2-13,28H,1H3. The molecule has 1 N–H and O–H groups in total. The Bertz CT molecular complexity index is 1240. The number of hydrogen-bond donors (Lipinski definition) is 1. The number of anilines is 1. The second-order valence-electron chi connectivity index (χ2n) is 7.21. The minimum Gasteiger partial charge on any atom is -0.351 e. The zero-order valence-electron chi connectivity index (χ0n) is 15.4. The van der Waals surface area contributed by atoms with Gasteiger partial charge in [-0.15, -0.1) is 0 Å². The van der Waals surface area contributed by atoms with Gasteiger partial charge in [0.25, 0.3) is 0 Å². The monoisotopic (exact) mass is 412 g/mol. The molecule has 1 aromatic heterocycles. The minimum atomic E-state index is -4.63. The molecule has 1 atom stereocenters. The van der Waals surface area contributed by atoms with Gasteiger partial charge in [0.1, 0.15) is 0 Å². The summed E-state index contributed by atoms with van der Waals surface area (Å²) in [7, 11) is 0. The summed E-state index contributed by atoms with van der Waals surface area (Å²) in [5.41, 5.74) is 0.702. The van der Waals surface area contributed by atoms with E-state index in [1.165, 1.54) is 28.8 Å². The van der Waals surface area contributed by atoms with E-state index < -0.39 is 11.8 Å². The molecule has 0 bridgehead atoms. The average Bonchev–Trinajstić information content (AvgIpc) is 3.01. The van der Waals surface area contributed by atoms with E-state index in [1.54, 1.807) is 24.3 Å². The highest BCUT2D eigenvalue weighted by Gasteiger charge is 2.61. The summed E-state index contributed by atoms with van der Waals surface area (Å²) in [4.78, 5) is 0. The third-order valence-corrected chi connectivity index (χ3v) is 5.89. The molecule has 0 spiro atoms. The van der Waals surface area contributed by atoms with Gasteiger partial charge >= 0.3 is 6.18 Å². The number of alkyl halides is 3. The van der Waals surface area contributed by atoms with Crippen molar-refractivity contribution < 1.29 is 13.2 Å². The quantitative estimate of drug-likeness (QED) is 0.357. The van der Waals surface area contributed by atoms with E-state index in [9.17, 15) is 13.2 Å². The lowest BCUT2D eigenvalue weighted by Gasteiger charge is -2.44. The van der Waals surface area contributed by atoms with Crippen molar-refractivity contribution in [3.05, 3.63) is 88.9 Å². The first kappa shape index (κ1) is 18.1. The van der Waals surface area contributed by atoms with E-state index in [1.807, 2.05) is 31.2 Å². The van der Waals surface area contributed by atoms with Gasteiger partial charge in [-0.25, -0.2) is 0 Å². The number of nitrogens with one attached hydrogen (secondary N) is 1. The van der Waals surface area contributed by atoms with Crippen molar-refractivity contribution in [2.24, 2.45) is 0 Å². The number of nitrogens with zero attached hydrogens (tertiary/aromatic N) is 1. The molecular weight excluding hydrogens is 397 g/mol. The summed E-state index contributed by atoms with van der Waals surface area (Å²) in [6.45, 7) is 1.87. The van der Waals surface area contributed by atoms with Gasteiger partial charge in [0.15, 0.2) is 0 Å². The van der Waals surface area contributed by atoms with Crippen LogP contribution in [0.5, 0.6) is 0 Å². The zero-order chi connectivity index (χ0) is 20.4. The fourth-order valence-corrected chi connectivity index (χ4v) is 4.50. The van der Waals surface area contributed by atoms with Crippen LogP contribution in [-0.2, 0) is 5.66 Å². The molecule has 2 heterocycles. The number of aryl methyl sites for hydroxylation is 1. The molecule has 3 aromatic carbocycles. The first-order valence-corrected chi connectivity index (χ1v) is 9.53. The van der Waals surface area contributed by atoms with Crippen LogP contribution in [0.1, 0.15) is 11.1 Å². The van der Waals surface area contributed by atoms with Gasteiger partial charge in [-0.1, -0.05) is 60.1 Å². The SMILES string of the molecule is Cc1c2n(c3ccccc13)C(c1ccc(Cl)cc1)(C(F)(F)F)Nc1ccccc1-2. The largest absolute Gasteiger partial charge is 0.435 e. The molecule has 5 rings (SSSR count). The van der Waals surface area contributed by atoms with Gasteiger partial charge < -0.3 is 9.88 Å². The normalized spacial score (nSPS) is 18.2. The van der Waals surface area contributed by atoms with Crippen molar-refractivity contribution in [2.75, 3.05) is 5.32 Å². The Hall–Kier alpha value is -2.92. The van der Waals surface area contributed by atoms with Crippen LogP contribution in [0.2, 0.25) is 5.02 Å². The van der Waals surface area contributed by atoms with Gasteiger partial charge in [-0.3, -0.25) is 0 Å². The molecule has 0 fully saturated rings. The van der Waals surface area contributed by atoms with E-state index in [4.69, 9.17) is 11.6 Å². The van der Waals surface area contributed by atoms with Crippen LogP contribution in [0.4, 0.5) is 18.9 Å². The Morgan fingerprint density at radius 3 is 2.28 bits per heavy atom. The van der Waals surface area contributed by atoms with E-state index in [2.05, 4.69) is 5.32 Å². The Labute approximate surface area is 170 Å². The first-order chi connectivity index (χ1) is 13.8. The van der Waals surface area contributed by atoms with E-state index in [-0.39, 0.29) is 5.56 Å². The summed E-state index contributed by atoms with van der Waals surface area (Å²) in [6.07, 6.45) is -4.63. The highest BCUT2D eigenvalue weighted by atomic mass is 35.5. The number of para-hydroxylation sites is 2. The molecule has 0 saturated carbocycles. The Morgan fingerprint density at radius 1 is 0.897 bits per heavy atom. The summed E-state index contributed by atoms with van der Waals surface area (Å²) < 4.78 is 46.3. The molecule has 0 amide bonds. The lowest BCUT2D eigenvalue weighted by atomic mass is 9.92. The third-order valence-electron chi connectivity index (χ3n) is 5.63. The van der Waals surface area contributed by atoms with E-state index in [0.29, 0.717) is 21.9 Å². The first-order valence-electron chi connectivity index (χ1n) is 9.15. The van der Waals surface area contributed by atoms with Crippen LogP contribution >= 0.6 is 11.6 Å². The van der Waals surface area contributed by atoms with Crippen LogP contribution in [0.25, 0.3) is 22.2 Å². The van der Waals surface area contributed by atoms with Crippen LogP contribution in [-0.4, -0.2) is 10.7 Å². The summed E-state index contributed by atoms with van der Waals surface area (Å²) in [5.74, 6) is 0. The van der Waals surface area contributed by atoms with Gasteiger partial charge in [-0.2, -0.15) is 13.2 Å². The maximum Gasteiger partial charge on any atom is 0.435 e. The van der Waals surface area contributed by atoms with Gasteiger partial charge in [-0.05, 0) is 36.8 Å². The second kappa shape index (κ2) is 6.04. The molecular formula is C23H16ClF3N2. The fourth-order valence-electron chi connectivity index (χ4n) is 4.38.